The van der Waals surface area contributed by atoms with E-state index < -0.39 is 0 Å². The Kier molecular flexibility index (Phi) is 1.78. The van der Waals surface area contributed by atoms with Crippen molar-refractivity contribution in [1.29, 1.82) is 0 Å². The normalized spacial score (nSPS) is 11.5. The van der Waals surface area contributed by atoms with Crippen LogP contribution in [-0.2, 0) is 0 Å². The molecule has 0 saturated carbocycles. The van der Waals surface area contributed by atoms with Crippen molar-refractivity contribution in [2.45, 2.75) is 0 Å². The molecule has 0 amide bonds. The number of nitrogen functional groups attached to an aromatic ring is 1. The Hall–Kier alpha value is -1.16. The summed E-state index contributed by atoms with van der Waals surface area (Å²) < 4.78 is 0.659. The molecule has 0 aliphatic heterocycles. The van der Waals surface area contributed by atoms with E-state index in [1.165, 1.54) is 0 Å². The van der Waals surface area contributed by atoms with Gasteiger partial charge in [0, 0.05) is 12.3 Å². The van der Waals surface area contributed by atoms with Crippen LogP contribution in [0.1, 0.15) is 0 Å². The largest absolute Gasteiger partial charge is 0.368 e. The molecule has 0 atom stereocenters. The zero-order valence-corrected chi connectivity index (χ0v) is 7.07. The SMILES string of the molecule is C[N+](C)(C)c1ccnc(N)n1. The Morgan fingerprint density at radius 3 is 2.36 bits per heavy atom. The van der Waals surface area contributed by atoms with Crippen LogP contribution in [0.5, 0.6) is 0 Å². The molecule has 0 aromatic carbocycles. The van der Waals surface area contributed by atoms with Crippen molar-refractivity contribution in [3.8, 4) is 0 Å². The van der Waals surface area contributed by atoms with Crippen molar-refractivity contribution >= 4 is 11.8 Å². The van der Waals surface area contributed by atoms with E-state index in [4.69, 9.17) is 5.73 Å². The van der Waals surface area contributed by atoms with E-state index in [0.29, 0.717) is 10.4 Å². The predicted molar refractivity (Wildman–Crippen MR) is 46.0 cm³/mol. The van der Waals surface area contributed by atoms with Gasteiger partial charge in [-0.1, -0.05) is 0 Å². The first kappa shape index (κ1) is 7.94. The number of anilines is 1. The quantitative estimate of drug-likeness (QED) is 0.589. The molecule has 1 aromatic rings. The second-order valence-electron chi connectivity index (χ2n) is 3.29. The monoisotopic (exact) mass is 153 g/mol. The van der Waals surface area contributed by atoms with Crippen molar-refractivity contribution in [2.24, 2.45) is 0 Å². The summed E-state index contributed by atoms with van der Waals surface area (Å²) in [5.41, 5.74) is 5.42. The number of aromatic nitrogens is 2. The van der Waals surface area contributed by atoms with Crippen molar-refractivity contribution in [2.75, 3.05) is 26.9 Å². The molecule has 4 nitrogen and oxygen atoms in total. The molecule has 0 fully saturated rings. The summed E-state index contributed by atoms with van der Waals surface area (Å²) in [6, 6.07) is 1.86. The molecule has 0 radical (unpaired) electrons. The molecule has 0 aliphatic carbocycles. The van der Waals surface area contributed by atoms with Gasteiger partial charge < -0.3 is 5.73 Å². The molecule has 1 heterocycles. The number of hydrogen-bond acceptors (Lipinski definition) is 3. The molecule has 4 heteroatoms. The van der Waals surface area contributed by atoms with Gasteiger partial charge in [-0.05, 0) is 0 Å². The van der Waals surface area contributed by atoms with Crippen LogP contribution in [-0.4, -0.2) is 31.1 Å². The van der Waals surface area contributed by atoms with Gasteiger partial charge in [0.2, 0.25) is 11.8 Å². The minimum Gasteiger partial charge on any atom is -0.368 e. The number of hydrogen-bond donors (Lipinski definition) is 1. The average molecular weight is 153 g/mol. The van der Waals surface area contributed by atoms with Crippen molar-refractivity contribution in [1.82, 2.24) is 14.5 Å². The summed E-state index contributed by atoms with van der Waals surface area (Å²) in [6.45, 7) is 0. The third-order valence-electron chi connectivity index (χ3n) is 1.35. The zero-order valence-electron chi connectivity index (χ0n) is 7.07. The number of rotatable bonds is 1. The highest BCUT2D eigenvalue weighted by Gasteiger charge is 2.13. The van der Waals surface area contributed by atoms with Crippen LogP contribution >= 0.6 is 0 Å². The van der Waals surface area contributed by atoms with Gasteiger partial charge >= 0.3 is 0 Å². The van der Waals surface area contributed by atoms with Gasteiger partial charge in [-0.2, -0.15) is 4.98 Å². The van der Waals surface area contributed by atoms with E-state index in [9.17, 15) is 0 Å². The highest BCUT2D eigenvalue weighted by Crippen LogP contribution is 2.11. The van der Waals surface area contributed by atoms with Crippen LogP contribution in [0, 0.1) is 0 Å². The predicted octanol–water partition coefficient (Wildman–Crippen LogP) is 0.255. The van der Waals surface area contributed by atoms with Gasteiger partial charge in [0.25, 0.3) is 0 Å². The van der Waals surface area contributed by atoms with E-state index in [0.717, 1.165) is 5.82 Å². The average Bonchev–Trinajstić information content (AvgIpc) is 1.86. The van der Waals surface area contributed by atoms with Gasteiger partial charge in [-0.3, -0.25) is 4.48 Å². The van der Waals surface area contributed by atoms with E-state index in [-0.39, 0.29) is 0 Å². The summed E-state index contributed by atoms with van der Waals surface area (Å²) in [5.74, 6) is 1.24. The molecule has 0 spiro atoms. The molecule has 11 heavy (non-hydrogen) atoms. The minimum absolute atomic E-state index is 0.329. The van der Waals surface area contributed by atoms with E-state index >= 15 is 0 Å². The Labute approximate surface area is 66.3 Å². The first-order chi connectivity index (χ1) is 5.00. The van der Waals surface area contributed by atoms with Crippen molar-refractivity contribution < 1.29 is 0 Å². The number of nitrogens with two attached hydrogens (primary N) is 1. The Balaban J connectivity index is 3.06. The zero-order chi connectivity index (χ0) is 8.48. The molecule has 1 aromatic heterocycles. The van der Waals surface area contributed by atoms with Crippen LogP contribution in [0.15, 0.2) is 12.3 Å². The standard InChI is InChI=1S/C7H13N4/c1-11(2,3)6-4-5-9-7(8)10-6/h4-5H,1-3H3,(H2,8,9,10)/q+1. The van der Waals surface area contributed by atoms with Crippen molar-refractivity contribution in [3.63, 3.8) is 0 Å². The Morgan fingerprint density at radius 1 is 1.36 bits per heavy atom. The van der Waals surface area contributed by atoms with Gasteiger partial charge in [0.05, 0.1) is 21.1 Å². The first-order valence-electron chi connectivity index (χ1n) is 3.40. The molecular weight excluding hydrogens is 140 g/mol. The fraction of sp³-hybridized carbons (Fsp3) is 0.429. The lowest BCUT2D eigenvalue weighted by atomic mass is 10.5. The highest BCUT2D eigenvalue weighted by molar-refractivity contribution is 5.35. The lowest BCUT2D eigenvalue weighted by molar-refractivity contribution is 0.473. The fourth-order valence-corrected chi connectivity index (χ4v) is 0.737. The van der Waals surface area contributed by atoms with Crippen LogP contribution < -0.4 is 10.2 Å². The Morgan fingerprint density at radius 2 is 2.00 bits per heavy atom. The second kappa shape index (κ2) is 2.47. The molecule has 0 unspecified atom stereocenters. The fourth-order valence-electron chi connectivity index (χ4n) is 0.737. The van der Waals surface area contributed by atoms with Crippen LogP contribution in [0.4, 0.5) is 11.8 Å². The summed E-state index contributed by atoms with van der Waals surface area (Å²) in [5, 5.41) is 0. The van der Waals surface area contributed by atoms with Crippen LogP contribution in [0.3, 0.4) is 0 Å². The summed E-state index contributed by atoms with van der Waals surface area (Å²) in [7, 11) is 6.09. The molecule has 0 saturated heterocycles. The third-order valence-corrected chi connectivity index (χ3v) is 1.35. The molecule has 0 bridgehead atoms. The first-order valence-corrected chi connectivity index (χ1v) is 3.40. The van der Waals surface area contributed by atoms with Gasteiger partial charge in [-0.15, -0.1) is 0 Å². The smallest absolute Gasteiger partial charge is 0.231 e. The topological polar surface area (TPSA) is 51.8 Å². The highest BCUT2D eigenvalue weighted by atomic mass is 15.3. The van der Waals surface area contributed by atoms with E-state index in [1.54, 1.807) is 6.20 Å². The molecular formula is C7H13N4+. The maximum absolute atomic E-state index is 5.42. The van der Waals surface area contributed by atoms with E-state index in [1.807, 2.05) is 27.2 Å². The summed E-state index contributed by atoms with van der Waals surface area (Å²) >= 11 is 0. The summed E-state index contributed by atoms with van der Waals surface area (Å²) in [6.07, 6.45) is 1.67. The molecule has 2 N–H and O–H groups in total. The lowest BCUT2D eigenvalue weighted by Gasteiger charge is -2.21. The van der Waals surface area contributed by atoms with Crippen LogP contribution in [0.2, 0.25) is 0 Å². The second-order valence-corrected chi connectivity index (χ2v) is 3.29. The van der Waals surface area contributed by atoms with Gasteiger partial charge in [0.15, 0.2) is 0 Å². The molecule has 60 valence electrons. The van der Waals surface area contributed by atoms with Crippen LogP contribution in [0.25, 0.3) is 0 Å². The van der Waals surface area contributed by atoms with Gasteiger partial charge in [0.1, 0.15) is 0 Å². The third kappa shape index (κ3) is 1.88. The molecule has 1 rings (SSSR count). The maximum Gasteiger partial charge on any atom is 0.231 e. The summed E-state index contributed by atoms with van der Waals surface area (Å²) in [4.78, 5) is 7.89. The Bertz CT molecular complexity index is 251. The maximum atomic E-state index is 5.42. The molecule has 0 aliphatic rings. The number of quaternary nitrogens is 1. The minimum atomic E-state index is 0.329. The lowest BCUT2D eigenvalue weighted by Crippen LogP contribution is -2.35. The number of nitrogens with zero attached hydrogens (tertiary/aromatic N) is 3. The van der Waals surface area contributed by atoms with Crippen molar-refractivity contribution in [3.05, 3.63) is 12.3 Å². The van der Waals surface area contributed by atoms with Gasteiger partial charge in [-0.25, -0.2) is 4.98 Å². The van der Waals surface area contributed by atoms with E-state index in [2.05, 4.69) is 9.97 Å².